The number of carboxylic acid groups (broad SMARTS) is 1. The summed E-state index contributed by atoms with van der Waals surface area (Å²) >= 11 is 11.5. The molecule has 0 saturated heterocycles. The van der Waals surface area contributed by atoms with E-state index in [2.05, 4.69) is 5.32 Å². The molecule has 0 radical (unpaired) electrons. The number of carbonyl (C=O) groups excluding carboxylic acids is 1. The zero-order valence-electron chi connectivity index (χ0n) is 9.04. The molecule has 1 unspecified atom stereocenters. The molecule has 1 amide bonds. The Morgan fingerprint density at radius 3 is 2.59 bits per heavy atom. The fourth-order valence-electron chi connectivity index (χ4n) is 1.10. The minimum absolute atomic E-state index is 0.0487. The van der Waals surface area contributed by atoms with Crippen molar-refractivity contribution in [3.8, 4) is 0 Å². The zero-order valence-corrected chi connectivity index (χ0v) is 10.5. The lowest BCUT2D eigenvalue weighted by Gasteiger charge is -2.09. The van der Waals surface area contributed by atoms with Crippen LogP contribution in [0, 0.1) is 5.92 Å². The largest absolute Gasteiger partial charge is 0.481 e. The predicted molar refractivity (Wildman–Crippen MR) is 65.6 cm³/mol. The van der Waals surface area contributed by atoms with Gasteiger partial charge < -0.3 is 10.4 Å². The van der Waals surface area contributed by atoms with Crippen LogP contribution in [0.2, 0.25) is 10.0 Å². The molecular weight excluding hydrogens is 265 g/mol. The number of rotatable bonds is 4. The van der Waals surface area contributed by atoms with Gasteiger partial charge in [-0.3, -0.25) is 9.59 Å². The van der Waals surface area contributed by atoms with Crippen LogP contribution in [0.1, 0.15) is 17.3 Å². The molecule has 17 heavy (non-hydrogen) atoms. The second kappa shape index (κ2) is 5.89. The van der Waals surface area contributed by atoms with Crippen molar-refractivity contribution in [1.82, 2.24) is 5.32 Å². The highest BCUT2D eigenvalue weighted by Gasteiger charge is 2.14. The molecule has 0 aromatic heterocycles. The first-order chi connectivity index (χ1) is 7.91. The molecule has 0 saturated carbocycles. The number of nitrogens with one attached hydrogen (secondary N) is 1. The van der Waals surface area contributed by atoms with Crippen LogP contribution < -0.4 is 5.32 Å². The summed E-state index contributed by atoms with van der Waals surface area (Å²) < 4.78 is 0. The highest BCUT2D eigenvalue weighted by Crippen LogP contribution is 2.20. The van der Waals surface area contributed by atoms with Crippen LogP contribution in [-0.4, -0.2) is 23.5 Å². The summed E-state index contributed by atoms with van der Waals surface area (Å²) in [5, 5.41) is 11.8. The lowest BCUT2D eigenvalue weighted by molar-refractivity contribution is -0.140. The third-order valence-corrected chi connectivity index (χ3v) is 2.71. The van der Waals surface area contributed by atoms with Crippen molar-refractivity contribution in [3.63, 3.8) is 0 Å². The molecule has 1 aromatic rings. The van der Waals surface area contributed by atoms with E-state index in [0.29, 0.717) is 5.02 Å². The Morgan fingerprint density at radius 1 is 1.41 bits per heavy atom. The van der Waals surface area contributed by atoms with E-state index < -0.39 is 17.8 Å². The Morgan fingerprint density at radius 2 is 2.06 bits per heavy atom. The first kappa shape index (κ1) is 13.8. The summed E-state index contributed by atoms with van der Waals surface area (Å²) in [5.74, 6) is -2.03. The van der Waals surface area contributed by atoms with Crippen molar-refractivity contribution in [2.45, 2.75) is 6.92 Å². The number of benzene rings is 1. The van der Waals surface area contributed by atoms with Crippen molar-refractivity contribution in [1.29, 1.82) is 0 Å². The van der Waals surface area contributed by atoms with Crippen molar-refractivity contribution in [3.05, 3.63) is 33.8 Å². The van der Waals surface area contributed by atoms with Gasteiger partial charge in [0.1, 0.15) is 0 Å². The number of hydrogen-bond donors (Lipinski definition) is 2. The van der Waals surface area contributed by atoms with E-state index in [1.807, 2.05) is 0 Å². The second-order valence-corrected chi connectivity index (χ2v) is 4.42. The van der Waals surface area contributed by atoms with Gasteiger partial charge in [0.15, 0.2) is 0 Å². The number of carbonyl (C=O) groups is 2. The third-order valence-electron chi connectivity index (χ3n) is 2.17. The van der Waals surface area contributed by atoms with Crippen molar-refractivity contribution < 1.29 is 14.7 Å². The maximum absolute atomic E-state index is 11.7. The molecule has 2 N–H and O–H groups in total. The number of amides is 1. The number of aliphatic carboxylic acids is 1. The van der Waals surface area contributed by atoms with Gasteiger partial charge in [0, 0.05) is 11.6 Å². The molecule has 0 aliphatic rings. The second-order valence-electron chi connectivity index (χ2n) is 3.57. The van der Waals surface area contributed by atoms with Gasteiger partial charge in [-0.1, -0.05) is 30.1 Å². The maximum Gasteiger partial charge on any atom is 0.308 e. The van der Waals surface area contributed by atoms with Gasteiger partial charge >= 0.3 is 5.97 Å². The molecule has 92 valence electrons. The summed E-state index contributed by atoms with van der Waals surface area (Å²) in [6.07, 6.45) is 0. The van der Waals surface area contributed by atoms with E-state index in [4.69, 9.17) is 28.3 Å². The Balaban J connectivity index is 2.67. The lowest BCUT2D eigenvalue weighted by atomic mass is 10.1. The van der Waals surface area contributed by atoms with Crippen LogP contribution >= 0.6 is 23.2 Å². The first-order valence-corrected chi connectivity index (χ1v) is 5.63. The lowest BCUT2D eigenvalue weighted by Crippen LogP contribution is -2.31. The molecule has 0 bridgehead atoms. The van der Waals surface area contributed by atoms with Crippen LogP contribution in [0.5, 0.6) is 0 Å². The molecule has 0 aliphatic heterocycles. The average Bonchev–Trinajstić information content (AvgIpc) is 2.25. The number of hydrogen-bond acceptors (Lipinski definition) is 2. The van der Waals surface area contributed by atoms with Crippen LogP contribution in [0.4, 0.5) is 0 Å². The monoisotopic (exact) mass is 275 g/mol. The van der Waals surface area contributed by atoms with Crippen LogP contribution in [0.15, 0.2) is 18.2 Å². The Bertz CT molecular complexity index is 448. The van der Waals surface area contributed by atoms with E-state index >= 15 is 0 Å². The average molecular weight is 276 g/mol. The highest BCUT2D eigenvalue weighted by atomic mass is 35.5. The van der Waals surface area contributed by atoms with Gasteiger partial charge in [0.25, 0.3) is 5.91 Å². The molecule has 4 nitrogen and oxygen atoms in total. The summed E-state index contributed by atoms with van der Waals surface area (Å²) in [7, 11) is 0. The van der Waals surface area contributed by atoms with Gasteiger partial charge in [-0.15, -0.1) is 0 Å². The Hall–Kier alpha value is -1.26. The van der Waals surface area contributed by atoms with Gasteiger partial charge in [-0.05, 0) is 18.2 Å². The van der Waals surface area contributed by atoms with Crippen molar-refractivity contribution >= 4 is 35.1 Å². The summed E-state index contributed by atoms with van der Waals surface area (Å²) in [6, 6.07) is 4.49. The van der Waals surface area contributed by atoms with Crippen molar-refractivity contribution in [2.24, 2.45) is 5.92 Å². The first-order valence-electron chi connectivity index (χ1n) is 4.88. The summed E-state index contributed by atoms with van der Waals surface area (Å²) in [4.78, 5) is 22.2. The molecule has 0 fully saturated rings. The fourth-order valence-corrected chi connectivity index (χ4v) is 1.60. The standard InChI is InChI=1S/C11H11Cl2NO3/c1-6(11(16)17)5-14-10(15)8-3-2-7(12)4-9(8)13/h2-4,6H,5H2,1H3,(H,14,15)(H,16,17). The number of carboxylic acids is 1. The highest BCUT2D eigenvalue weighted by molar-refractivity contribution is 6.36. The predicted octanol–water partition coefficient (Wildman–Crippen LogP) is 2.44. The van der Waals surface area contributed by atoms with Gasteiger partial charge in [-0.25, -0.2) is 0 Å². The quantitative estimate of drug-likeness (QED) is 0.887. The summed E-state index contributed by atoms with van der Waals surface area (Å²) in [5.41, 5.74) is 0.272. The smallest absolute Gasteiger partial charge is 0.308 e. The van der Waals surface area contributed by atoms with Gasteiger partial charge in [-0.2, -0.15) is 0 Å². The van der Waals surface area contributed by atoms with Gasteiger partial charge in [0.05, 0.1) is 16.5 Å². The normalized spacial score (nSPS) is 11.9. The van der Waals surface area contributed by atoms with Crippen LogP contribution in [0.3, 0.4) is 0 Å². The van der Waals surface area contributed by atoms with E-state index in [1.165, 1.54) is 19.1 Å². The minimum atomic E-state index is -0.965. The zero-order chi connectivity index (χ0) is 13.0. The number of halogens is 2. The fraction of sp³-hybridized carbons (Fsp3) is 0.273. The molecule has 1 rings (SSSR count). The molecule has 0 spiro atoms. The van der Waals surface area contributed by atoms with E-state index in [-0.39, 0.29) is 17.1 Å². The molecule has 6 heteroatoms. The molecule has 1 atom stereocenters. The molecule has 0 heterocycles. The molecular formula is C11H11Cl2NO3. The minimum Gasteiger partial charge on any atom is -0.481 e. The molecule has 1 aromatic carbocycles. The SMILES string of the molecule is CC(CNC(=O)c1ccc(Cl)cc1Cl)C(=O)O. The third kappa shape index (κ3) is 3.91. The molecule has 0 aliphatic carbocycles. The van der Waals surface area contributed by atoms with E-state index in [1.54, 1.807) is 6.07 Å². The van der Waals surface area contributed by atoms with E-state index in [9.17, 15) is 9.59 Å². The van der Waals surface area contributed by atoms with Crippen LogP contribution in [0.25, 0.3) is 0 Å². The van der Waals surface area contributed by atoms with Crippen molar-refractivity contribution in [2.75, 3.05) is 6.54 Å². The van der Waals surface area contributed by atoms with E-state index in [0.717, 1.165) is 0 Å². The maximum atomic E-state index is 11.7. The Labute approximate surface area is 109 Å². The topological polar surface area (TPSA) is 66.4 Å². The van der Waals surface area contributed by atoms with Gasteiger partial charge in [0.2, 0.25) is 0 Å². The van der Waals surface area contributed by atoms with Crippen LogP contribution in [-0.2, 0) is 4.79 Å². The Kier molecular flexibility index (Phi) is 4.78. The summed E-state index contributed by atoms with van der Waals surface area (Å²) in [6.45, 7) is 1.55.